The van der Waals surface area contributed by atoms with Crippen LogP contribution in [0.3, 0.4) is 0 Å². The summed E-state index contributed by atoms with van der Waals surface area (Å²) in [6.07, 6.45) is -3.69. The Kier molecular flexibility index (Phi) is 1.47. The SMILES string of the molecule is C[C@@H](N)C1(C(F)(F)F)CC1. The van der Waals surface area contributed by atoms with E-state index < -0.39 is 17.6 Å². The summed E-state index contributed by atoms with van der Waals surface area (Å²) in [6, 6.07) is -0.757. The van der Waals surface area contributed by atoms with E-state index >= 15 is 0 Å². The van der Waals surface area contributed by atoms with Gasteiger partial charge in [0, 0.05) is 6.04 Å². The van der Waals surface area contributed by atoms with Gasteiger partial charge in [0.1, 0.15) is 0 Å². The molecule has 1 rings (SSSR count). The largest absolute Gasteiger partial charge is 0.395 e. The van der Waals surface area contributed by atoms with Crippen molar-refractivity contribution in [2.24, 2.45) is 11.1 Å². The molecule has 0 saturated heterocycles. The normalized spacial score (nSPS) is 26.1. The highest BCUT2D eigenvalue weighted by atomic mass is 19.4. The second-order valence-electron chi connectivity index (χ2n) is 2.94. The van der Waals surface area contributed by atoms with Crippen molar-refractivity contribution in [3.8, 4) is 0 Å². The molecule has 0 bridgehead atoms. The second-order valence-corrected chi connectivity index (χ2v) is 2.94. The minimum atomic E-state index is -4.10. The summed E-state index contributed by atoms with van der Waals surface area (Å²) in [5, 5.41) is 0. The number of hydrogen-bond acceptors (Lipinski definition) is 1. The molecule has 0 unspecified atom stereocenters. The molecular formula is C6H10F3N. The minimum absolute atomic E-state index is 0.203. The Morgan fingerprint density at radius 1 is 1.40 bits per heavy atom. The molecule has 1 saturated carbocycles. The fourth-order valence-electron chi connectivity index (χ4n) is 1.13. The summed E-state index contributed by atoms with van der Waals surface area (Å²) < 4.78 is 36.2. The van der Waals surface area contributed by atoms with E-state index in [-0.39, 0.29) is 12.8 Å². The van der Waals surface area contributed by atoms with Gasteiger partial charge in [-0.25, -0.2) is 0 Å². The van der Waals surface area contributed by atoms with Crippen LogP contribution < -0.4 is 5.73 Å². The highest BCUT2D eigenvalue weighted by Gasteiger charge is 2.65. The third kappa shape index (κ3) is 0.905. The van der Waals surface area contributed by atoms with Gasteiger partial charge in [0.05, 0.1) is 5.41 Å². The third-order valence-corrected chi connectivity index (χ3v) is 2.22. The van der Waals surface area contributed by atoms with Crippen molar-refractivity contribution < 1.29 is 13.2 Å². The molecule has 0 radical (unpaired) electrons. The van der Waals surface area contributed by atoms with Crippen molar-refractivity contribution in [1.29, 1.82) is 0 Å². The van der Waals surface area contributed by atoms with Crippen LogP contribution in [0.2, 0.25) is 0 Å². The first-order chi connectivity index (χ1) is 4.40. The van der Waals surface area contributed by atoms with E-state index in [2.05, 4.69) is 0 Å². The van der Waals surface area contributed by atoms with Crippen LogP contribution in [-0.4, -0.2) is 12.2 Å². The predicted octanol–water partition coefficient (Wildman–Crippen LogP) is 1.68. The van der Waals surface area contributed by atoms with Crippen molar-refractivity contribution in [2.75, 3.05) is 0 Å². The summed E-state index contributed by atoms with van der Waals surface area (Å²) in [4.78, 5) is 0. The number of alkyl halides is 3. The first-order valence-electron chi connectivity index (χ1n) is 3.22. The van der Waals surface area contributed by atoms with E-state index in [9.17, 15) is 13.2 Å². The molecule has 0 aromatic heterocycles. The van der Waals surface area contributed by atoms with E-state index in [4.69, 9.17) is 5.73 Å². The molecule has 0 aliphatic heterocycles. The first kappa shape index (κ1) is 7.85. The number of rotatable bonds is 1. The molecule has 0 spiro atoms. The number of nitrogens with two attached hydrogens (primary N) is 1. The predicted molar refractivity (Wildman–Crippen MR) is 31.4 cm³/mol. The Hall–Kier alpha value is -0.250. The Bertz CT molecular complexity index is 134. The molecule has 10 heavy (non-hydrogen) atoms. The second kappa shape index (κ2) is 1.87. The lowest BCUT2D eigenvalue weighted by molar-refractivity contribution is -0.191. The zero-order valence-electron chi connectivity index (χ0n) is 5.70. The topological polar surface area (TPSA) is 26.0 Å². The van der Waals surface area contributed by atoms with Crippen LogP contribution in [0.15, 0.2) is 0 Å². The van der Waals surface area contributed by atoms with Crippen molar-refractivity contribution in [1.82, 2.24) is 0 Å². The maximum absolute atomic E-state index is 12.1. The van der Waals surface area contributed by atoms with Crippen LogP contribution in [0.5, 0.6) is 0 Å². The van der Waals surface area contributed by atoms with Crippen LogP contribution in [-0.2, 0) is 0 Å². The van der Waals surface area contributed by atoms with Gasteiger partial charge < -0.3 is 5.73 Å². The summed E-state index contributed by atoms with van der Waals surface area (Å²) in [5.74, 6) is 0. The van der Waals surface area contributed by atoms with E-state index in [1.165, 1.54) is 6.92 Å². The van der Waals surface area contributed by atoms with Gasteiger partial charge in [-0.2, -0.15) is 13.2 Å². The fourth-order valence-corrected chi connectivity index (χ4v) is 1.13. The van der Waals surface area contributed by atoms with Gasteiger partial charge in [0.25, 0.3) is 0 Å². The average Bonchev–Trinajstić information content (AvgIpc) is 2.36. The zero-order valence-corrected chi connectivity index (χ0v) is 5.70. The Balaban J connectivity index is 2.70. The van der Waals surface area contributed by atoms with Crippen LogP contribution in [0.4, 0.5) is 13.2 Å². The van der Waals surface area contributed by atoms with E-state index in [0.29, 0.717) is 0 Å². The fraction of sp³-hybridized carbons (Fsp3) is 1.00. The van der Waals surface area contributed by atoms with Gasteiger partial charge in [0.15, 0.2) is 0 Å². The van der Waals surface area contributed by atoms with Crippen molar-refractivity contribution >= 4 is 0 Å². The highest BCUT2D eigenvalue weighted by molar-refractivity contribution is 5.04. The summed E-state index contributed by atoms with van der Waals surface area (Å²) in [6.45, 7) is 1.42. The lowest BCUT2D eigenvalue weighted by atomic mass is 9.98. The van der Waals surface area contributed by atoms with E-state index in [1.807, 2.05) is 0 Å². The first-order valence-corrected chi connectivity index (χ1v) is 3.22. The maximum Gasteiger partial charge on any atom is 0.395 e. The molecule has 1 atom stereocenters. The highest BCUT2D eigenvalue weighted by Crippen LogP contribution is 2.59. The standard InChI is InChI=1S/C6H10F3N/c1-4(10)5(2-3-5)6(7,8)9/h4H,2-3,10H2,1H3/t4-/m1/s1. The summed E-state index contributed by atoms with van der Waals surface area (Å²) in [7, 11) is 0. The Labute approximate surface area is 57.4 Å². The summed E-state index contributed by atoms with van der Waals surface area (Å²) in [5.41, 5.74) is 3.66. The van der Waals surface area contributed by atoms with E-state index in [1.54, 1.807) is 0 Å². The molecule has 0 amide bonds. The average molecular weight is 153 g/mol. The molecule has 2 N–H and O–H groups in total. The van der Waals surface area contributed by atoms with Gasteiger partial charge in [-0.1, -0.05) is 0 Å². The number of hydrogen-bond donors (Lipinski definition) is 1. The van der Waals surface area contributed by atoms with Crippen molar-refractivity contribution in [3.63, 3.8) is 0 Å². The van der Waals surface area contributed by atoms with Crippen molar-refractivity contribution in [2.45, 2.75) is 32.0 Å². The molecule has 1 aliphatic carbocycles. The molecule has 1 nitrogen and oxygen atoms in total. The molecule has 0 heterocycles. The molecule has 4 heteroatoms. The maximum atomic E-state index is 12.1. The van der Waals surface area contributed by atoms with E-state index in [0.717, 1.165) is 0 Å². The van der Waals surface area contributed by atoms with Crippen LogP contribution in [0.1, 0.15) is 19.8 Å². The Morgan fingerprint density at radius 2 is 1.80 bits per heavy atom. The zero-order chi connectivity index (χ0) is 7.99. The van der Waals surface area contributed by atoms with Crippen LogP contribution >= 0.6 is 0 Å². The smallest absolute Gasteiger partial charge is 0.327 e. The van der Waals surface area contributed by atoms with Gasteiger partial charge in [-0.15, -0.1) is 0 Å². The van der Waals surface area contributed by atoms with Gasteiger partial charge >= 0.3 is 6.18 Å². The lowest BCUT2D eigenvalue weighted by Crippen LogP contribution is -2.39. The third-order valence-electron chi connectivity index (χ3n) is 2.22. The molecule has 1 fully saturated rings. The quantitative estimate of drug-likeness (QED) is 0.609. The van der Waals surface area contributed by atoms with Crippen LogP contribution in [0, 0.1) is 5.41 Å². The molecule has 60 valence electrons. The monoisotopic (exact) mass is 153 g/mol. The molecule has 0 aromatic rings. The molecule has 1 aliphatic rings. The Morgan fingerprint density at radius 3 is 1.80 bits per heavy atom. The van der Waals surface area contributed by atoms with Gasteiger partial charge in [0.2, 0.25) is 0 Å². The molecular weight excluding hydrogens is 143 g/mol. The van der Waals surface area contributed by atoms with Gasteiger partial charge in [-0.05, 0) is 19.8 Å². The summed E-state index contributed by atoms with van der Waals surface area (Å²) >= 11 is 0. The van der Waals surface area contributed by atoms with Gasteiger partial charge in [-0.3, -0.25) is 0 Å². The minimum Gasteiger partial charge on any atom is -0.327 e. The number of halogens is 3. The van der Waals surface area contributed by atoms with Crippen LogP contribution in [0.25, 0.3) is 0 Å². The molecule has 0 aromatic carbocycles. The lowest BCUT2D eigenvalue weighted by Gasteiger charge is -2.22. The van der Waals surface area contributed by atoms with Crippen molar-refractivity contribution in [3.05, 3.63) is 0 Å².